The van der Waals surface area contributed by atoms with Gasteiger partial charge in [-0.1, -0.05) is 30.3 Å². The number of hydrogen-bond donors (Lipinski definition) is 1. The van der Waals surface area contributed by atoms with Crippen LogP contribution in [0.3, 0.4) is 0 Å². The van der Waals surface area contributed by atoms with Gasteiger partial charge in [-0.3, -0.25) is 4.79 Å². The molecule has 1 aromatic heterocycles. The van der Waals surface area contributed by atoms with Gasteiger partial charge < -0.3 is 24.3 Å². The maximum Gasteiger partial charge on any atom is 0.272 e. The summed E-state index contributed by atoms with van der Waals surface area (Å²) in [5.74, 6) is 2.33. The molecule has 4 rings (SSSR count). The van der Waals surface area contributed by atoms with E-state index in [1.165, 1.54) is 0 Å². The van der Waals surface area contributed by atoms with E-state index in [9.17, 15) is 4.79 Å². The van der Waals surface area contributed by atoms with Crippen molar-refractivity contribution in [1.29, 1.82) is 0 Å². The molecule has 1 N–H and O–H groups in total. The van der Waals surface area contributed by atoms with Crippen molar-refractivity contribution in [3.8, 4) is 39.8 Å². The highest BCUT2D eigenvalue weighted by Gasteiger charge is 2.20. The first-order valence-electron chi connectivity index (χ1n) is 11.4. The summed E-state index contributed by atoms with van der Waals surface area (Å²) in [5.41, 5.74) is 3.60. The zero-order valence-corrected chi connectivity index (χ0v) is 20.8. The number of carbonyl (C=O) groups excluding carboxylic acids is 1. The topological polar surface area (TPSA) is 83.8 Å². The highest BCUT2D eigenvalue weighted by Crippen LogP contribution is 2.34. The molecule has 0 aliphatic rings. The average Bonchev–Trinajstić information content (AvgIpc) is 3.39. The Labute approximate surface area is 210 Å². The predicted octanol–water partition coefficient (Wildman–Crippen LogP) is 4.55. The van der Waals surface area contributed by atoms with E-state index in [4.69, 9.17) is 18.9 Å². The number of benzene rings is 3. The molecule has 0 saturated heterocycles. The van der Waals surface area contributed by atoms with Crippen LogP contribution in [0.1, 0.15) is 16.1 Å². The molecule has 3 aromatic carbocycles. The third kappa shape index (κ3) is 5.27. The van der Waals surface area contributed by atoms with Gasteiger partial charge in [0.1, 0.15) is 11.5 Å². The SMILES string of the molecule is COc1ccc(CCNC(=O)c2nn(-c3ccccc3)cc2-c2ccc(OC)c(OC)c2)c(OC)c1. The van der Waals surface area contributed by atoms with Crippen LogP contribution in [0.15, 0.2) is 72.9 Å². The van der Waals surface area contributed by atoms with Crippen LogP contribution >= 0.6 is 0 Å². The first kappa shape index (κ1) is 24.7. The van der Waals surface area contributed by atoms with Gasteiger partial charge in [0.25, 0.3) is 5.91 Å². The van der Waals surface area contributed by atoms with Gasteiger partial charge in [-0.25, -0.2) is 4.68 Å². The fourth-order valence-corrected chi connectivity index (χ4v) is 3.92. The standard InChI is InChI=1S/C28H29N3O5/c1-33-22-12-10-19(25(17-22)35-3)14-15-29-28(32)27-23(18-31(30-27)21-8-6-5-7-9-21)20-11-13-24(34-2)26(16-20)36-4/h5-13,16-18H,14-15H2,1-4H3,(H,29,32). The van der Waals surface area contributed by atoms with E-state index in [0.29, 0.717) is 47.2 Å². The molecule has 0 aliphatic heterocycles. The molecule has 0 aliphatic carbocycles. The number of amides is 1. The monoisotopic (exact) mass is 487 g/mol. The average molecular weight is 488 g/mol. The molecule has 8 nitrogen and oxygen atoms in total. The Hall–Kier alpha value is -4.46. The molecule has 0 unspecified atom stereocenters. The summed E-state index contributed by atoms with van der Waals surface area (Å²) in [6.45, 7) is 0.408. The number of hydrogen-bond acceptors (Lipinski definition) is 6. The lowest BCUT2D eigenvalue weighted by molar-refractivity contribution is 0.0949. The summed E-state index contributed by atoms with van der Waals surface area (Å²) in [5, 5.41) is 7.62. The van der Waals surface area contributed by atoms with Gasteiger partial charge in [0.05, 0.1) is 34.1 Å². The van der Waals surface area contributed by atoms with Crippen molar-refractivity contribution in [3.63, 3.8) is 0 Å². The van der Waals surface area contributed by atoms with Crippen molar-refractivity contribution in [2.45, 2.75) is 6.42 Å². The molecule has 0 atom stereocenters. The van der Waals surface area contributed by atoms with Crippen LogP contribution in [0.2, 0.25) is 0 Å². The van der Waals surface area contributed by atoms with Crippen LogP contribution in [0.4, 0.5) is 0 Å². The molecule has 0 saturated carbocycles. The highest BCUT2D eigenvalue weighted by molar-refractivity contribution is 5.99. The number of ether oxygens (including phenoxy) is 4. The molecule has 1 heterocycles. The Bertz CT molecular complexity index is 1330. The van der Waals surface area contributed by atoms with Crippen LogP contribution in [0.25, 0.3) is 16.8 Å². The van der Waals surface area contributed by atoms with Crippen molar-refractivity contribution >= 4 is 5.91 Å². The smallest absolute Gasteiger partial charge is 0.272 e. The second-order valence-electron chi connectivity index (χ2n) is 7.92. The van der Waals surface area contributed by atoms with Crippen LogP contribution in [0, 0.1) is 0 Å². The maximum atomic E-state index is 13.3. The number of nitrogens with zero attached hydrogens (tertiary/aromatic N) is 2. The van der Waals surface area contributed by atoms with Crippen molar-refractivity contribution < 1.29 is 23.7 Å². The molecule has 4 aromatic rings. The summed E-state index contributed by atoms with van der Waals surface area (Å²) in [4.78, 5) is 13.3. The quantitative estimate of drug-likeness (QED) is 0.353. The minimum Gasteiger partial charge on any atom is -0.497 e. The van der Waals surface area contributed by atoms with Crippen molar-refractivity contribution in [2.75, 3.05) is 35.0 Å². The van der Waals surface area contributed by atoms with E-state index in [-0.39, 0.29) is 5.91 Å². The first-order valence-corrected chi connectivity index (χ1v) is 11.4. The second-order valence-corrected chi connectivity index (χ2v) is 7.92. The Morgan fingerprint density at radius 1 is 0.833 bits per heavy atom. The van der Waals surface area contributed by atoms with Gasteiger partial charge in [0.15, 0.2) is 17.2 Å². The van der Waals surface area contributed by atoms with Gasteiger partial charge in [-0.15, -0.1) is 0 Å². The van der Waals surface area contributed by atoms with Crippen LogP contribution in [-0.2, 0) is 6.42 Å². The normalized spacial score (nSPS) is 10.6. The van der Waals surface area contributed by atoms with Gasteiger partial charge >= 0.3 is 0 Å². The zero-order valence-electron chi connectivity index (χ0n) is 20.8. The summed E-state index contributed by atoms with van der Waals surface area (Å²) in [6, 6.07) is 20.8. The lowest BCUT2D eigenvalue weighted by atomic mass is 10.1. The third-order valence-corrected chi connectivity index (χ3v) is 5.82. The van der Waals surface area contributed by atoms with Crippen molar-refractivity contribution in [2.24, 2.45) is 0 Å². The van der Waals surface area contributed by atoms with Crippen LogP contribution in [-0.4, -0.2) is 50.7 Å². The second kappa shape index (κ2) is 11.3. The van der Waals surface area contributed by atoms with Gasteiger partial charge in [0.2, 0.25) is 0 Å². The van der Waals surface area contributed by atoms with Crippen LogP contribution < -0.4 is 24.3 Å². The summed E-state index contributed by atoms with van der Waals surface area (Å²) >= 11 is 0. The molecule has 8 heteroatoms. The Morgan fingerprint density at radius 2 is 1.58 bits per heavy atom. The van der Waals surface area contributed by atoms with Gasteiger partial charge in [-0.05, 0) is 47.9 Å². The van der Waals surface area contributed by atoms with E-state index < -0.39 is 0 Å². The lowest BCUT2D eigenvalue weighted by Crippen LogP contribution is -2.26. The Morgan fingerprint density at radius 3 is 2.28 bits per heavy atom. The number of nitrogens with one attached hydrogen (secondary N) is 1. The summed E-state index contributed by atoms with van der Waals surface area (Å²) in [7, 11) is 6.39. The Balaban J connectivity index is 1.61. The molecule has 0 fully saturated rings. The molecule has 0 radical (unpaired) electrons. The van der Waals surface area contributed by atoms with E-state index in [1.807, 2.05) is 72.9 Å². The fourth-order valence-electron chi connectivity index (χ4n) is 3.92. The molecule has 36 heavy (non-hydrogen) atoms. The van der Waals surface area contributed by atoms with Crippen molar-refractivity contribution in [1.82, 2.24) is 15.1 Å². The molecule has 1 amide bonds. The number of para-hydroxylation sites is 1. The van der Waals surface area contributed by atoms with E-state index in [2.05, 4.69) is 10.4 Å². The number of methoxy groups -OCH3 is 4. The van der Waals surface area contributed by atoms with Gasteiger partial charge in [0, 0.05) is 24.4 Å². The highest BCUT2D eigenvalue weighted by atomic mass is 16.5. The first-order chi connectivity index (χ1) is 17.6. The Kier molecular flexibility index (Phi) is 7.75. The van der Waals surface area contributed by atoms with Gasteiger partial charge in [-0.2, -0.15) is 5.10 Å². The lowest BCUT2D eigenvalue weighted by Gasteiger charge is -2.11. The van der Waals surface area contributed by atoms with E-state index in [1.54, 1.807) is 33.1 Å². The summed E-state index contributed by atoms with van der Waals surface area (Å²) < 4.78 is 23.3. The number of aromatic nitrogens is 2. The minimum absolute atomic E-state index is 0.276. The van der Waals surface area contributed by atoms with E-state index >= 15 is 0 Å². The van der Waals surface area contributed by atoms with Crippen LogP contribution in [0.5, 0.6) is 23.0 Å². The summed E-state index contributed by atoms with van der Waals surface area (Å²) in [6.07, 6.45) is 2.43. The molecule has 0 spiro atoms. The largest absolute Gasteiger partial charge is 0.497 e. The third-order valence-electron chi connectivity index (χ3n) is 5.82. The molecular formula is C28H29N3O5. The fraction of sp³-hybridized carbons (Fsp3) is 0.214. The number of rotatable bonds is 10. The molecule has 186 valence electrons. The predicted molar refractivity (Wildman–Crippen MR) is 138 cm³/mol. The number of carbonyl (C=O) groups is 1. The van der Waals surface area contributed by atoms with E-state index in [0.717, 1.165) is 16.8 Å². The molecule has 0 bridgehead atoms. The molecular weight excluding hydrogens is 458 g/mol. The minimum atomic E-state index is -0.276. The maximum absolute atomic E-state index is 13.3. The zero-order chi connectivity index (χ0) is 25.5. The van der Waals surface area contributed by atoms with Crippen molar-refractivity contribution in [3.05, 3.63) is 84.2 Å².